The fourth-order valence-corrected chi connectivity index (χ4v) is 1.82. The lowest BCUT2D eigenvalue weighted by Crippen LogP contribution is -2.20. The second-order valence-electron chi connectivity index (χ2n) is 3.81. The van der Waals surface area contributed by atoms with Gasteiger partial charge in [-0.05, 0) is 18.1 Å². The number of nitrogens with zero attached hydrogens (tertiary/aromatic N) is 3. The minimum Gasteiger partial charge on any atom is -0.296 e. The number of hydrogen-bond donors (Lipinski definition) is 0. The second-order valence-corrected chi connectivity index (χ2v) is 3.81. The highest BCUT2D eigenvalue weighted by Crippen LogP contribution is 2.15. The van der Waals surface area contributed by atoms with E-state index in [1.165, 1.54) is 6.20 Å². The highest BCUT2D eigenvalue weighted by Gasteiger charge is 2.21. The molecule has 0 radical (unpaired) electrons. The van der Waals surface area contributed by atoms with Crippen LogP contribution in [0.25, 0.3) is 0 Å². The molecule has 0 aliphatic carbocycles. The average Bonchev–Trinajstić information content (AvgIpc) is 2.64. The van der Waals surface area contributed by atoms with Crippen LogP contribution in [0.5, 0.6) is 0 Å². The molecule has 15 heavy (non-hydrogen) atoms. The van der Waals surface area contributed by atoms with Crippen molar-refractivity contribution in [3.63, 3.8) is 0 Å². The maximum Gasteiger partial charge on any atom is 0.114 e. The van der Waals surface area contributed by atoms with E-state index in [-0.39, 0.29) is 0 Å². The Morgan fingerprint density at radius 1 is 1.60 bits per heavy atom. The Balaban J connectivity index is 2.02. The van der Waals surface area contributed by atoms with E-state index in [1.807, 2.05) is 11.0 Å². The fraction of sp³-hybridized carbons (Fsp3) is 0.455. The van der Waals surface area contributed by atoms with E-state index in [0.717, 1.165) is 12.1 Å². The van der Waals surface area contributed by atoms with Gasteiger partial charge >= 0.3 is 0 Å². The average molecular weight is 205 g/mol. The zero-order valence-electron chi connectivity index (χ0n) is 8.36. The van der Waals surface area contributed by atoms with Crippen LogP contribution in [0.3, 0.4) is 0 Å². The molecule has 1 aliphatic rings. The van der Waals surface area contributed by atoms with E-state index < -0.39 is 6.17 Å². The predicted octanol–water partition coefficient (Wildman–Crippen LogP) is 1.50. The van der Waals surface area contributed by atoms with Crippen molar-refractivity contribution in [2.75, 3.05) is 13.1 Å². The minimum atomic E-state index is -0.697. The third-order valence-electron chi connectivity index (χ3n) is 2.55. The van der Waals surface area contributed by atoms with Crippen molar-refractivity contribution in [3.05, 3.63) is 29.6 Å². The molecule has 1 saturated heterocycles. The molecule has 0 bridgehead atoms. The molecule has 1 fully saturated rings. The lowest BCUT2D eigenvalue weighted by atomic mass is 10.2. The summed E-state index contributed by atoms with van der Waals surface area (Å²) in [6.07, 6.45) is 3.18. The quantitative estimate of drug-likeness (QED) is 0.734. The van der Waals surface area contributed by atoms with Gasteiger partial charge in [0.25, 0.3) is 0 Å². The van der Waals surface area contributed by atoms with Gasteiger partial charge in [0.15, 0.2) is 0 Å². The third-order valence-corrected chi connectivity index (χ3v) is 2.55. The molecule has 0 saturated carbocycles. The Labute approximate surface area is 88.2 Å². The van der Waals surface area contributed by atoms with Crippen LogP contribution < -0.4 is 0 Å². The number of halogens is 1. The monoisotopic (exact) mass is 205 g/mol. The summed E-state index contributed by atoms with van der Waals surface area (Å²) in [5.41, 5.74) is 1.53. The van der Waals surface area contributed by atoms with Gasteiger partial charge < -0.3 is 0 Å². The van der Waals surface area contributed by atoms with Gasteiger partial charge in [0.2, 0.25) is 0 Å². The predicted molar refractivity (Wildman–Crippen MR) is 53.7 cm³/mol. The van der Waals surface area contributed by atoms with Crippen molar-refractivity contribution >= 4 is 0 Å². The molecule has 1 atom stereocenters. The molecule has 0 unspecified atom stereocenters. The molecule has 1 aromatic heterocycles. The molecule has 1 aromatic rings. The second kappa shape index (κ2) is 4.37. The van der Waals surface area contributed by atoms with Gasteiger partial charge in [0.05, 0.1) is 5.56 Å². The first-order valence-electron chi connectivity index (χ1n) is 4.98. The number of hydrogen-bond acceptors (Lipinski definition) is 3. The molecule has 0 aromatic carbocycles. The van der Waals surface area contributed by atoms with E-state index in [4.69, 9.17) is 5.26 Å². The molecule has 78 valence electrons. The van der Waals surface area contributed by atoms with Crippen LogP contribution in [0.15, 0.2) is 18.5 Å². The maximum absolute atomic E-state index is 12.9. The summed E-state index contributed by atoms with van der Waals surface area (Å²) in [5, 5.41) is 8.70. The topological polar surface area (TPSA) is 39.9 Å². The van der Waals surface area contributed by atoms with Crippen molar-refractivity contribution < 1.29 is 4.39 Å². The largest absolute Gasteiger partial charge is 0.296 e. The summed E-state index contributed by atoms with van der Waals surface area (Å²) in [5.74, 6) is 0. The normalized spacial score (nSPS) is 21.5. The van der Waals surface area contributed by atoms with Gasteiger partial charge in [-0.2, -0.15) is 5.26 Å². The Kier molecular flexibility index (Phi) is 2.93. The van der Waals surface area contributed by atoms with Crippen molar-refractivity contribution in [2.24, 2.45) is 0 Å². The molecule has 0 spiro atoms. The van der Waals surface area contributed by atoms with Crippen LogP contribution in [0.2, 0.25) is 0 Å². The van der Waals surface area contributed by atoms with Crippen LogP contribution in [0.1, 0.15) is 17.5 Å². The van der Waals surface area contributed by atoms with Gasteiger partial charge in [-0.15, -0.1) is 0 Å². The number of alkyl halides is 1. The van der Waals surface area contributed by atoms with Gasteiger partial charge in [-0.25, -0.2) is 4.39 Å². The summed E-state index contributed by atoms with van der Waals surface area (Å²) in [4.78, 5) is 6.02. The van der Waals surface area contributed by atoms with Gasteiger partial charge in [-0.1, -0.05) is 0 Å². The molecule has 0 N–H and O–H groups in total. The van der Waals surface area contributed by atoms with Crippen LogP contribution in [0, 0.1) is 11.3 Å². The first-order chi connectivity index (χ1) is 7.28. The summed E-state index contributed by atoms with van der Waals surface area (Å²) in [6.45, 7) is 1.97. The number of aromatic nitrogens is 1. The van der Waals surface area contributed by atoms with Gasteiger partial charge in [0.1, 0.15) is 12.2 Å². The summed E-state index contributed by atoms with van der Waals surface area (Å²) >= 11 is 0. The third kappa shape index (κ3) is 2.51. The van der Waals surface area contributed by atoms with E-state index in [9.17, 15) is 4.39 Å². The summed E-state index contributed by atoms with van der Waals surface area (Å²) < 4.78 is 12.9. The molecular weight excluding hydrogens is 193 g/mol. The van der Waals surface area contributed by atoms with Crippen molar-refractivity contribution in [1.29, 1.82) is 5.26 Å². The Morgan fingerprint density at radius 2 is 2.47 bits per heavy atom. The van der Waals surface area contributed by atoms with E-state index in [2.05, 4.69) is 4.98 Å². The Morgan fingerprint density at radius 3 is 3.13 bits per heavy atom. The Hall–Kier alpha value is -1.47. The first-order valence-corrected chi connectivity index (χ1v) is 4.98. The Bertz CT molecular complexity index is 386. The number of pyridine rings is 1. The standard InChI is InChI=1S/C11H12FN3/c12-11-1-2-15(8-11)7-10-3-9(4-13)5-14-6-10/h3,5-6,11H,1-2,7-8H2/t11-/m1/s1. The molecule has 3 nitrogen and oxygen atoms in total. The number of likely N-dealkylation sites (tertiary alicyclic amines) is 1. The zero-order valence-corrected chi connectivity index (χ0v) is 8.36. The van der Waals surface area contributed by atoms with E-state index in [0.29, 0.717) is 25.1 Å². The highest BCUT2D eigenvalue weighted by molar-refractivity contribution is 5.28. The van der Waals surface area contributed by atoms with E-state index >= 15 is 0 Å². The van der Waals surface area contributed by atoms with E-state index in [1.54, 1.807) is 12.3 Å². The van der Waals surface area contributed by atoms with Crippen molar-refractivity contribution in [2.45, 2.75) is 19.1 Å². The molecule has 2 heterocycles. The fourth-order valence-electron chi connectivity index (χ4n) is 1.82. The lowest BCUT2D eigenvalue weighted by molar-refractivity contribution is 0.282. The molecule has 1 aliphatic heterocycles. The van der Waals surface area contributed by atoms with Gasteiger partial charge in [0, 0.05) is 32.0 Å². The molecule has 2 rings (SSSR count). The van der Waals surface area contributed by atoms with Crippen LogP contribution in [-0.2, 0) is 6.54 Å². The summed E-state index contributed by atoms with van der Waals surface area (Å²) in [7, 11) is 0. The maximum atomic E-state index is 12.9. The first kappa shape index (κ1) is 10.1. The SMILES string of the molecule is N#Cc1cncc(CN2CC[C@@H](F)C2)c1. The highest BCUT2D eigenvalue weighted by atomic mass is 19.1. The molecular formula is C11H12FN3. The molecule has 4 heteroatoms. The van der Waals surface area contributed by atoms with Crippen molar-refractivity contribution in [1.82, 2.24) is 9.88 Å². The van der Waals surface area contributed by atoms with Gasteiger partial charge in [-0.3, -0.25) is 9.88 Å². The number of rotatable bonds is 2. The zero-order chi connectivity index (χ0) is 10.7. The van der Waals surface area contributed by atoms with Crippen LogP contribution >= 0.6 is 0 Å². The smallest absolute Gasteiger partial charge is 0.114 e. The number of nitriles is 1. The minimum absolute atomic E-state index is 0.497. The van der Waals surface area contributed by atoms with Crippen molar-refractivity contribution in [3.8, 4) is 6.07 Å². The van der Waals surface area contributed by atoms with Crippen LogP contribution in [-0.4, -0.2) is 29.1 Å². The molecule has 0 amide bonds. The lowest BCUT2D eigenvalue weighted by Gasteiger charge is -2.13. The van der Waals surface area contributed by atoms with Crippen LogP contribution in [0.4, 0.5) is 4.39 Å². The summed E-state index contributed by atoms with van der Waals surface area (Å²) in [6, 6.07) is 3.85.